The third-order valence-corrected chi connectivity index (χ3v) is 6.12. The third-order valence-electron chi connectivity index (χ3n) is 5.14. The van der Waals surface area contributed by atoms with E-state index in [2.05, 4.69) is 16.8 Å². The van der Waals surface area contributed by atoms with E-state index >= 15 is 0 Å². The number of nitrogens with one attached hydrogen (secondary N) is 1. The molecular weight excluding hydrogens is 346 g/mol. The predicted octanol–water partition coefficient (Wildman–Crippen LogP) is 3.65. The van der Waals surface area contributed by atoms with Crippen molar-refractivity contribution in [3.05, 3.63) is 46.7 Å². The van der Waals surface area contributed by atoms with Crippen LogP contribution >= 0.6 is 11.3 Å². The van der Waals surface area contributed by atoms with Crippen LogP contribution in [0.5, 0.6) is 0 Å². The van der Waals surface area contributed by atoms with Gasteiger partial charge in [0.05, 0.1) is 24.0 Å². The minimum absolute atomic E-state index is 0.114. The largest absolute Gasteiger partial charge is 0.374 e. The van der Waals surface area contributed by atoms with E-state index in [4.69, 9.17) is 0 Å². The highest BCUT2D eigenvalue weighted by atomic mass is 32.1. The van der Waals surface area contributed by atoms with Gasteiger partial charge in [-0.25, -0.2) is 0 Å². The van der Waals surface area contributed by atoms with Crippen LogP contribution in [0.25, 0.3) is 0 Å². The van der Waals surface area contributed by atoms with Crippen molar-refractivity contribution in [1.82, 2.24) is 4.90 Å². The molecule has 0 spiro atoms. The Morgan fingerprint density at radius 2 is 2.04 bits per heavy atom. The highest BCUT2D eigenvalue weighted by Crippen LogP contribution is 2.35. The monoisotopic (exact) mass is 369 g/mol. The van der Waals surface area contributed by atoms with Crippen molar-refractivity contribution in [2.45, 2.75) is 31.7 Å². The van der Waals surface area contributed by atoms with Crippen LogP contribution in [0.15, 0.2) is 41.8 Å². The van der Waals surface area contributed by atoms with Crippen LogP contribution < -0.4 is 10.2 Å². The molecule has 6 heteroatoms. The summed E-state index contributed by atoms with van der Waals surface area (Å²) in [4.78, 5) is 29.9. The molecule has 1 N–H and O–H groups in total. The Kier molecular flexibility index (Phi) is 4.93. The first-order valence-corrected chi connectivity index (χ1v) is 10.1. The highest BCUT2D eigenvalue weighted by molar-refractivity contribution is 7.10. The van der Waals surface area contributed by atoms with Gasteiger partial charge in [-0.3, -0.25) is 9.59 Å². The topological polar surface area (TPSA) is 52.7 Å². The lowest BCUT2D eigenvalue weighted by atomic mass is 10.2. The number of nitrogens with zero attached hydrogens (tertiary/aromatic N) is 2. The van der Waals surface area contributed by atoms with E-state index in [0.717, 1.165) is 43.7 Å². The molecule has 2 saturated heterocycles. The molecule has 0 aliphatic carbocycles. The number of hydrogen-bond donors (Lipinski definition) is 1. The van der Waals surface area contributed by atoms with E-state index in [-0.39, 0.29) is 24.4 Å². The Labute approximate surface area is 157 Å². The maximum Gasteiger partial charge on any atom is 0.242 e. The number of hydrogen-bond acceptors (Lipinski definition) is 4. The molecule has 1 aromatic carbocycles. The minimum Gasteiger partial charge on any atom is -0.374 e. The zero-order valence-corrected chi connectivity index (χ0v) is 15.5. The van der Waals surface area contributed by atoms with Crippen molar-refractivity contribution in [2.24, 2.45) is 0 Å². The van der Waals surface area contributed by atoms with Gasteiger partial charge in [-0.05, 0) is 42.8 Å². The summed E-state index contributed by atoms with van der Waals surface area (Å²) in [6, 6.07) is 12.1. The van der Waals surface area contributed by atoms with Crippen molar-refractivity contribution in [3.63, 3.8) is 0 Å². The summed E-state index contributed by atoms with van der Waals surface area (Å²) in [5.41, 5.74) is 1.72. The van der Waals surface area contributed by atoms with Crippen LogP contribution in [0.2, 0.25) is 0 Å². The lowest BCUT2D eigenvalue weighted by molar-refractivity contribution is -0.130. The van der Waals surface area contributed by atoms with E-state index in [9.17, 15) is 9.59 Å². The molecule has 0 bridgehead atoms. The lowest BCUT2D eigenvalue weighted by Gasteiger charge is -2.25. The Balaban J connectivity index is 1.44. The molecule has 4 rings (SSSR count). The summed E-state index contributed by atoms with van der Waals surface area (Å²) in [5.74, 6) is 0.270. The molecule has 2 aliphatic rings. The summed E-state index contributed by atoms with van der Waals surface area (Å²) in [5, 5.41) is 5.34. The normalized spacial score (nSPS) is 20.0. The summed E-state index contributed by atoms with van der Waals surface area (Å²) in [7, 11) is 0. The molecule has 1 unspecified atom stereocenters. The van der Waals surface area contributed by atoms with Gasteiger partial charge in [0, 0.05) is 24.4 Å². The zero-order chi connectivity index (χ0) is 17.9. The molecule has 1 aromatic heterocycles. The standard InChI is InChI=1S/C20H23N3O2S/c24-19-10-4-12-22(19)16-7-2-1-6-15(16)21-14-20(25)23-11-3-8-17(23)18-9-5-13-26-18/h1-2,5-7,9,13,17,21H,3-4,8,10-12,14H2. The van der Waals surface area contributed by atoms with Gasteiger partial charge in [0.25, 0.3) is 0 Å². The predicted molar refractivity (Wildman–Crippen MR) is 105 cm³/mol. The summed E-state index contributed by atoms with van der Waals surface area (Å²) in [6.07, 6.45) is 3.57. The molecule has 0 saturated carbocycles. The van der Waals surface area contributed by atoms with E-state index < -0.39 is 0 Å². The quantitative estimate of drug-likeness (QED) is 0.875. The second kappa shape index (κ2) is 7.50. The number of para-hydroxylation sites is 2. The van der Waals surface area contributed by atoms with Crippen molar-refractivity contribution >= 4 is 34.5 Å². The number of thiophene rings is 1. The average Bonchev–Trinajstić information content (AvgIpc) is 3.40. The molecule has 0 radical (unpaired) electrons. The molecule has 1 atom stereocenters. The van der Waals surface area contributed by atoms with Crippen molar-refractivity contribution < 1.29 is 9.59 Å². The first-order chi connectivity index (χ1) is 12.7. The van der Waals surface area contributed by atoms with Crippen LogP contribution in [0.1, 0.15) is 36.6 Å². The average molecular weight is 369 g/mol. The maximum atomic E-state index is 12.8. The molecule has 136 valence electrons. The number of likely N-dealkylation sites (tertiary alicyclic amines) is 1. The summed E-state index contributed by atoms with van der Waals surface area (Å²) in [6.45, 7) is 1.81. The number of carbonyl (C=O) groups excluding carboxylic acids is 2. The van der Waals surface area contributed by atoms with Crippen LogP contribution in [0.4, 0.5) is 11.4 Å². The molecule has 2 amide bonds. The van der Waals surface area contributed by atoms with Gasteiger partial charge in [0.2, 0.25) is 11.8 Å². The maximum absolute atomic E-state index is 12.8. The highest BCUT2D eigenvalue weighted by Gasteiger charge is 2.30. The van der Waals surface area contributed by atoms with E-state index in [0.29, 0.717) is 6.42 Å². The van der Waals surface area contributed by atoms with Gasteiger partial charge in [-0.1, -0.05) is 18.2 Å². The fourth-order valence-corrected chi connectivity index (χ4v) is 4.75. The fourth-order valence-electron chi connectivity index (χ4n) is 3.88. The molecule has 5 nitrogen and oxygen atoms in total. The molecule has 2 fully saturated rings. The minimum atomic E-state index is 0.114. The van der Waals surface area contributed by atoms with Gasteiger partial charge in [0.1, 0.15) is 0 Å². The Bertz CT molecular complexity index is 790. The summed E-state index contributed by atoms with van der Waals surface area (Å²) >= 11 is 1.72. The van der Waals surface area contributed by atoms with Crippen LogP contribution in [0.3, 0.4) is 0 Å². The Morgan fingerprint density at radius 3 is 2.81 bits per heavy atom. The van der Waals surface area contributed by atoms with Gasteiger partial charge in [-0.15, -0.1) is 11.3 Å². The van der Waals surface area contributed by atoms with Crippen molar-refractivity contribution in [1.29, 1.82) is 0 Å². The molecule has 3 heterocycles. The molecular formula is C20H23N3O2S. The van der Waals surface area contributed by atoms with Gasteiger partial charge in [-0.2, -0.15) is 0 Å². The van der Waals surface area contributed by atoms with E-state index in [1.54, 1.807) is 11.3 Å². The van der Waals surface area contributed by atoms with Crippen molar-refractivity contribution in [2.75, 3.05) is 29.9 Å². The lowest BCUT2D eigenvalue weighted by Crippen LogP contribution is -2.35. The zero-order valence-electron chi connectivity index (χ0n) is 14.7. The molecule has 26 heavy (non-hydrogen) atoms. The first-order valence-electron chi connectivity index (χ1n) is 9.20. The number of anilines is 2. The number of carbonyl (C=O) groups is 2. The number of benzene rings is 1. The number of rotatable bonds is 5. The van der Waals surface area contributed by atoms with Crippen molar-refractivity contribution in [3.8, 4) is 0 Å². The van der Waals surface area contributed by atoms with Crippen LogP contribution in [-0.4, -0.2) is 36.3 Å². The molecule has 2 aromatic rings. The van der Waals surface area contributed by atoms with Gasteiger partial charge >= 0.3 is 0 Å². The SMILES string of the molecule is O=C1CCCN1c1ccccc1NCC(=O)N1CCCC1c1cccs1. The third kappa shape index (κ3) is 3.33. The van der Waals surface area contributed by atoms with Gasteiger partial charge in [0.15, 0.2) is 0 Å². The van der Waals surface area contributed by atoms with E-state index in [1.165, 1.54) is 4.88 Å². The van der Waals surface area contributed by atoms with Gasteiger partial charge < -0.3 is 15.1 Å². The van der Waals surface area contributed by atoms with E-state index in [1.807, 2.05) is 40.1 Å². The second-order valence-corrected chi connectivity index (χ2v) is 7.76. The smallest absolute Gasteiger partial charge is 0.242 e. The first kappa shape index (κ1) is 17.1. The Morgan fingerprint density at radius 1 is 1.15 bits per heavy atom. The Hall–Kier alpha value is -2.34. The number of amides is 2. The molecule has 2 aliphatic heterocycles. The second-order valence-electron chi connectivity index (χ2n) is 6.78. The van der Waals surface area contributed by atoms with Crippen LogP contribution in [-0.2, 0) is 9.59 Å². The van der Waals surface area contributed by atoms with Crippen LogP contribution in [0, 0.1) is 0 Å². The summed E-state index contributed by atoms with van der Waals surface area (Å²) < 4.78 is 0. The fraction of sp³-hybridized carbons (Fsp3) is 0.400.